The summed E-state index contributed by atoms with van der Waals surface area (Å²) >= 11 is 3.05. The van der Waals surface area contributed by atoms with E-state index >= 15 is 0 Å². The second-order valence-electron chi connectivity index (χ2n) is 5.31. The minimum Gasteiger partial charge on any atom is -0.478 e. The molecule has 0 spiro atoms. The molecule has 1 unspecified atom stereocenters. The molecule has 0 aromatic heterocycles. The molecule has 1 atom stereocenters. The summed E-state index contributed by atoms with van der Waals surface area (Å²) in [6, 6.07) is 5.71. The van der Waals surface area contributed by atoms with Crippen LogP contribution in [-0.2, 0) is 11.0 Å². The van der Waals surface area contributed by atoms with Gasteiger partial charge in [-0.3, -0.25) is 14.9 Å². The molecule has 0 saturated heterocycles. The van der Waals surface area contributed by atoms with E-state index in [1.54, 1.807) is 0 Å². The third-order valence-electron chi connectivity index (χ3n) is 3.34. The smallest absolute Gasteiger partial charge is 0.418 e. The summed E-state index contributed by atoms with van der Waals surface area (Å²) in [4.78, 5) is 21.8. The van der Waals surface area contributed by atoms with Gasteiger partial charge in [-0.1, -0.05) is 15.9 Å². The minimum atomic E-state index is -4.93. The maximum atomic E-state index is 13.7. The van der Waals surface area contributed by atoms with E-state index < -0.39 is 45.9 Å². The van der Waals surface area contributed by atoms with Gasteiger partial charge >= 0.3 is 6.18 Å². The molecule has 0 aliphatic rings. The van der Waals surface area contributed by atoms with Gasteiger partial charge in [0, 0.05) is 16.6 Å². The number of carbonyl (C=O) groups excluding carboxylic acids is 1. The van der Waals surface area contributed by atoms with Crippen LogP contribution in [0.3, 0.4) is 0 Å². The number of ether oxygens (including phenoxy) is 1. The van der Waals surface area contributed by atoms with Crippen LogP contribution < -0.4 is 10.1 Å². The van der Waals surface area contributed by atoms with Gasteiger partial charge in [-0.15, -0.1) is 0 Å². The number of nitro benzene ring substituents is 1. The molecule has 1 N–H and O–H groups in total. The summed E-state index contributed by atoms with van der Waals surface area (Å²) in [5.41, 5.74) is -2.83. The standard InChI is InChI=1S/C16H11BrF4N2O4/c1-8(27-14-5-2-9(17)6-12(14)18)15(24)22-13-4-3-10(23(25)26)7-11(13)16(19,20)21/h2-8H,1H3,(H,22,24). The monoisotopic (exact) mass is 450 g/mol. The van der Waals surface area contributed by atoms with Crippen molar-refractivity contribution in [1.29, 1.82) is 0 Å². The van der Waals surface area contributed by atoms with Gasteiger partial charge in [0.05, 0.1) is 16.2 Å². The zero-order valence-corrected chi connectivity index (χ0v) is 15.1. The fraction of sp³-hybridized carbons (Fsp3) is 0.188. The third kappa shape index (κ3) is 5.16. The van der Waals surface area contributed by atoms with Crippen molar-refractivity contribution in [3.05, 3.63) is 62.4 Å². The Morgan fingerprint density at radius 2 is 1.93 bits per heavy atom. The summed E-state index contributed by atoms with van der Waals surface area (Å²) in [6.07, 6.45) is -6.27. The molecule has 0 bridgehead atoms. The first-order valence-electron chi connectivity index (χ1n) is 7.27. The Morgan fingerprint density at radius 3 is 2.48 bits per heavy atom. The van der Waals surface area contributed by atoms with Crippen LogP contribution >= 0.6 is 15.9 Å². The number of carbonyl (C=O) groups is 1. The highest BCUT2D eigenvalue weighted by Crippen LogP contribution is 2.37. The van der Waals surface area contributed by atoms with Gasteiger partial charge in [0.25, 0.3) is 11.6 Å². The highest BCUT2D eigenvalue weighted by molar-refractivity contribution is 9.10. The number of halogens is 5. The van der Waals surface area contributed by atoms with Crippen LogP contribution in [0.4, 0.5) is 28.9 Å². The quantitative estimate of drug-likeness (QED) is 0.398. The number of nitro groups is 1. The highest BCUT2D eigenvalue weighted by atomic mass is 79.9. The number of hydrogen-bond acceptors (Lipinski definition) is 4. The summed E-state index contributed by atoms with van der Waals surface area (Å²) in [6.45, 7) is 1.22. The van der Waals surface area contributed by atoms with Crippen molar-refractivity contribution < 1.29 is 32.0 Å². The van der Waals surface area contributed by atoms with Crippen LogP contribution in [0.5, 0.6) is 5.75 Å². The van der Waals surface area contributed by atoms with Crippen LogP contribution in [0.15, 0.2) is 40.9 Å². The van der Waals surface area contributed by atoms with Gasteiger partial charge in [-0.2, -0.15) is 13.2 Å². The first-order valence-corrected chi connectivity index (χ1v) is 8.06. The van der Waals surface area contributed by atoms with Crippen molar-refractivity contribution >= 4 is 33.2 Å². The van der Waals surface area contributed by atoms with Gasteiger partial charge in [-0.05, 0) is 31.2 Å². The molecule has 1 amide bonds. The normalized spacial score (nSPS) is 12.4. The van der Waals surface area contributed by atoms with Crippen LogP contribution in [0.25, 0.3) is 0 Å². The van der Waals surface area contributed by atoms with Crippen molar-refractivity contribution in [3.63, 3.8) is 0 Å². The number of rotatable bonds is 5. The molecule has 27 heavy (non-hydrogen) atoms. The predicted molar refractivity (Wildman–Crippen MR) is 90.9 cm³/mol. The summed E-state index contributed by atoms with van der Waals surface area (Å²) in [7, 11) is 0. The zero-order valence-electron chi connectivity index (χ0n) is 13.5. The second kappa shape index (κ2) is 7.91. The lowest BCUT2D eigenvalue weighted by molar-refractivity contribution is -0.385. The Hall–Kier alpha value is -2.69. The maximum absolute atomic E-state index is 13.7. The van der Waals surface area contributed by atoms with Gasteiger partial charge in [0.1, 0.15) is 0 Å². The van der Waals surface area contributed by atoms with Gasteiger partial charge in [0.15, 0.2) is 17.7 Å². The Bertz CT molecular complexity index is 889. The number of amides is 1. The third-order valence-corrected chi connectivity index (χ3v) is 3.84. The average molecular weight is 451 g/mol. The molecule has 6 nitrogen and oxygen atoms in total. The van der Waals surface area contributed by atoms with Crippen molar-refractivity contribution in [2.45, 2.75) is 19.2 Å². The minimum absolute atomic E-state index is 0.263. The number of nitrogens with zero attached hydrogens (tertiary/aromatic N) is 1. The SMILES string of the molecule is CC(Oc1ccc(Br)cc1F)C(=O)Nc1ccc([N+](=O)[O-])cc1C(F)(F)F. The molecule has 0 saturated carbocycles. The van der Waals surface area contributed by atoms with Crippen LogP contribution in [-0.4, -0.2) is 16.9 Å². The summed E-state index contributed by atoms with van der Waals surface area (Å²) in [5.74, 6) is -2.02. The highest BCUT2D eigenvalue weighted by Gasteiger charge is 2.36. The number of anilines is 1. The molecule has 11 heteroatoms. The van der Waals surface area contributed by atoms with Crippen molar-refractivity contribution in [2.75, 3.05) is 5.32 Å². The van der Waals surface area contributed by atoms with Crippen LogP contribution in [0.1, 0.15) is 12.5 Å². The molecule has 0 radical (unpaired) electrons. The molecular weight excluding hydrogens is 440 g/mol. The Morgan fingerprint density at radius 1 is 1.26 bits per heavy atom. The fourth-order valence-corrected chi connectivity index (χ4v) is 2.37. The number of alkyl halides is 3. The van der Waals surface area contributed by atoms with E-state index in [9.17, 15) is 32.5 Å². The Labute approximate surface area is 158 Å². The van der Waals surface area contributed by atoms with E-state index in [-0.39, 0.29) is 5.75 Å². The lowest BCUT2D eigenvalue weighted by atomic mass is 10.1. The van der Waals surface area contributed by atoms with E-state index in [1.165, 1.54) is 19.1 Å². The average Bonchev–Trinajstić information content (AvgIpc) is 2.56. The van der Waals surface area contributed by atoms with Gasteiger partial charge in [-0.25, -0.2) is 4.39 Å². The van der Waals surface area contributed by atoms with Crippen LogP contribution in [0.2, 0.25) is 0 Å². The van der Waals surface area contributed by atoms with Crippen LogP contribution in [0, 0.1) is 15.9 Å². The number of hydrogen-bond donors (Lipinski definition) is 1. The summed E-state index contributed by atoms with van der Waals surface area (Å²) in [5, 5.41) is 12.7. The molecule has 2 aromatic rings. The molecule has 0 fully saturated rings. The van der Waals surface area contributed by atoms with E-state index in [2.05, 4.69) is 15.9 Å². The molecule has 0 heterocycles. The Balaban J connectivity index is 2.22. The number of benzene rings is 2. The van der Waals surface area contributed by atoms with Crippen molar-refractivity contribution in [3.8, 4) is 5.75 Å². The lowest BCUT2D eigenvalue weighted by Crippen LogP contribution is -2.31. The van der Waals surface area contributed by atoms with Gasteiger partial charge < -0.3 is 10.1 Å². The lowest BCUT2D eigenvalue weighted by Gasteiger charge is -2.17. The molecule has 0 aliphatic carbocycles. The molecule has 2 aromatic carbocycles. The van der Waals surface area contributed by atoms with Crippen molar-refractivity contribution in [2.24, 2.45) is 0 Å². The van der Waals surface area contributed by atoms with E-state index in [0.717, 1.165) is 18.2 Å². The number of nitrogens with one attached hydrogen (secondary N) is 1. The largest absolute Gasteiger partial charge is 0.478 e. The van der Waals surface area contributed by atoms with Crippen molar-refractivity contribution in [1.82, 2.24) is 0 Å². The molecule has 144 valence electrons. The molecule has 0 aliphatic heterocycles. The van der Waals surface area contributed by atoms with E-state index in [0.29, 0.717) is 10.5 Å². The summed E-state index contributed by atoms with van der Waals surface area (Å²) < 4.78 is 58.7. The first kappa shape index (κ1) is 20.6. The van der Waals surface area contributed by atoms with E-state index in [4.69, 9.17) is 4.74 Å². The topological polar surface area (TPSA) is 81.5 Å². The fourth-order valence-electron chi connectivity index (χ4n) is 2.04. The first-order chi connectivity index (χ1) is 12.5. The molecule has 2 rings (SSSR count). The second-order valence-corrected chi connectivity index (χ2v) is 6.22. The number of non-ortho nitro benzene ring substituents is 1. The zero-order chi connectivity index (χ0) is 20.4. The maximum Gasteiger partial charge on any atom is 0.418 e. The van der Waals surface area contributed by atoms with E-state index in [1.807, 2.05) is 5.32 Å². The van der Waals surface area contributed by atoms with Gasteiger partial charge in [0.2, 0.25) is 0 Å². The molecular formula is C16H11BrF4N2O4. The Kier molecular flexibility index (Phi) is 6.04. The predicted octanol–water partition coefficient (Wildman–Crippen LogP) is 4.92.